The van der Waals surface area contributed by atoms with Crippen LogP contribution in [0.25, 0.3) is 0 Å². The number of likely N-dealkylation sites (tertiary alicyclic amines) is 1. The highest BCUT2D eigenvalue weighted by molar-refractivity contribution is 8.02. The van der Waals surface area contributed by atoms with Crippen LogP contribution in [-0.2, 0) is 20.9 Å². The van der Waals surface area contributed by atoms with Crippen LogP contribution in [0.2, 0.25) is 0 Å². The molecule has 39 heavy (non-hydrogen) atoms. The van der Waals surface area contributed by atoms with E-state index in [4.69, 9.17) is 0 Å². The Labute approximate surface area is 234 Å². The number of aliphatic hydroxyl groups excluding tert-OH is 1. The van der Waals surface area contributed by atoms with Crippen LogP contribution in [0.15, 0.2) is 54.6 Å². The number of amides is 3. The fraction of sp³-hybridized carbons (Fsp3) is 0.500. The van der Waals surface area contributed by atoms with Crippen LogP contribution in [0.1, 0.15) is 32.8 Å². The Hall–Kier alpha value is -3.04. The molecule has 2 bridgehead atoms. The number of β-amino-alcohol motifs (C(OH)–C–C–N with tert-alkyl or cyclic N) is 1. The van der Waals surface area contributed by atoms with E-state index in [0.29, 0.717) is 12.2 Å². The molecule has 8 nitrogen and oxygen atoms in total. The van der Waals surface area contributed by atoms with Gasteiger partial charge in [-0.1, -0.05) is 37.3 Å². The zero-order valence-corrected chi connectivity index (χ0v) is 23.6. The van der Waals surface area contributed by atoms with Gasteiger partial charge >= 0.3 is 0 Å². The minimum absolute atomic E-state index is 0.0235. The molecule has 208 valence electrons. The van der Waals surface area contributed by atoms with Gasteiger partial charge in [0.25, 0.3) is 0 Å². The predicted octanol–water partition coefficient (Wildman–Crippen LogP) is 3.12. The van der Waals surface area contributed by atoms with E-state index < -0.39 is 22.6 Å². The highest BCUT2D eigenvalue weighted by Crippen LogP contribution is 2.68. The second kappa shape index (κ2) is 11.2. The molecule has 1 spiro atoms. The molecule has 9 heteroatoms. The molecule has 3 fully saturated rings. The van der Waals surface area contributed by atoms with Crippen LogP contribution in [0.5, 0.6) is 0 Å². The second-order valence-corrected chi connectivity index (χ2v) is 12.3. The number of aliphatic hydroxyl groups is 1. The molecule has 5 rings (SSSR count). The maximum Gasteiger partial charge on any atom is 0.248 e. The Morgan fingerprint density at radius 1 is 1.08 bits per heavy atom. The highest BCUT2D eigenvalue weighted by atomic mass is 32.2. The van der Waals surface area contributed by atoms with Crippen LogP contribution in [-0.4, -0.2) is 70.0 Å². The van der Waals surface area contributed by atoms with Crippen LogP contribution in [0.4, 0.5) is 11.4 Å². The number of hydrogen-bond donors (Lipinski definition) is 3. The van der Waals surface area contributed by atoms with Crippen LogP contribution >= 0.6 is 11.8 Å². The van der Waals surface area contributed by atoms with E-state index in [9.17, 15) is 19.5 Å². The van der Waals surface area contributed by atoms with E-state index in [0.717, 1.165) is 30.8 Å². The van der Waals surface area contributed by atoms with Crippen molar-refractivity contribution in [3.8, 4) is 0 Å². The first-order valence-electron chi connectivity index (χ1n) is 13.9. The quantitative estimate of drug-likeness (QED) is 0.420. The van der Waals surface area contributed by atoms with Crippen molar-refractivity contribution in [2.45, 2.75) is 49.8 Å². The smallest absolute Gasteiger partial charge is 0.248 e. The monoisotopic (exact) mass is 550 g/mol. The summed E-state index contributed by atoms with van der Waals surface area (Å²) in [6, 6.07) is 16.7. The number of anilines is 2. The molecule has 0 aliphatic carbocycles. The van der Waals surface area contributed by atoms with E-state index in [1.807, 2.05) is 54.6 Å². The first-order chi connectivity index (χ1) is 18.8. The van der Waals surface area contributed by atoms with E-state index >= 15 is 0 Å². The van der Waals surface area contributed by atoms with Crippen molar-refractivity contribution in [2.24, 2.45) is 17.8 Å². The normalized spacial score (nSPS) is 28.9. The molecule has 3 N–H and O–H groups in total. The average Bonchev–Trinajstić information content (AvgIpc) is 3.53. The van der Waals surface area contributed by atoms with Gasteiger partial charge in [-0.05, 0) is 56.0 Å². The lowest BCUT2D eigenvalue weighted by atomic mass is 9.66. The van der Waals surface area contributed by atoms with Gasteiger partial charge in [0.2, 0.25) is 17.7 Å². The molecule has 3 saturated heterocycles. The van der Waals surface area contributed by atoms with E-state index in [2.05, 4.69) is 36.3 Å². The lowest BCUT2D eigenvalue weighted by Gasteiger charge is -2.38. The Morgan fingerprint density at radius 3 is 2.41 bits per heavy atom. The molecule has 3 heterocycles. The van der Waals surface area contributed by atoms with Gasteiger partial charge in [-0.25, -0.2) is 0 Å². The van der Waals surface area contributed by atoms with Crippen molar-refractivity contribution in [3.05, 3.63) is 60.2 Å². The van der Waals surface area contributed by atoms with Gasteiger partial charge in [-0.15, -0.1) is 11.8 Å². The molecule has 3 aliphatic rings. The van der Waals surface area contributed by atoms with Crippen molar-refractivity contribution in [3.63, 3.8) is 0 Å². The molecular weight excluding hydrogens is 512 g/mol. The van der Waals surface area contributed by atoms with Gasteiger partial charge in [0.1, 0.15) is 6.04 Å². The lowest BCUT2D eigenvalue weighted by molar-refractivity contribution is -0.140. The number of nitrogens with zero attached hydrogens (tertiary/aromatic N) is 2. The number of fused-ring (bicyclic) bond motifs is 1. The maximum absolute atomic E-state index is 13.9. The molecule has 0 saturated carbocycles. The Kier molecular flexibility index (Phi) is 7.91. The zero-order valence-electron chi connectivity index (χ0n) is 22.8. The molecule has 3 unspecified atom stereocenters. The van der Waals surface area contributed by atoms with Gasteiger partial charge in [-0.3, -0.25) is 14.4 Å². The molecule has 2 aromatic rings. The summed E-state index contributed by atoms with van der Waals surface area (Å²) < 4.78 is -0.711. The average molecular weight is 551 g/mol. The first-order valence-corrected chi connectivity index (χ1v) is 14.8. The summed E-state index contributed by atoms with van der Waals surface area (Å²) in [7, 11) is 0. The largest absolute Gasteiger partial charge is 0.395 e. The van der Waals surface area contributed by atoms with Gasteiger partial charge in [0.15, 0.2) is 0 Å². The van der Waals surface area contributed by atoms with E-state index in [1.165, 1.54) is 4.90 Å². The SMILES string of the molecule is CCN(CC)c1ccc(NC(=O)C2N(CCO)C(=O)[C@@H]3[C@@H](C(=O)NCc4ccccc4)[C@H]4CC(C)C23S4)cc1. The van der Waals surface area contributed by atoms with Crippen molar-refractivity contribution in [1.82, 2.24) is 10.2 Å². The summed E-state index contributed by atoms with van der Waals surface area (Å²) in [4.78, 5) is 45.1. The lowest BCUT2D eigenvalue weighted by Crippen LogP contribution is -2.55. The Balaban J connectivity index is 1.39. The third-order valence-corrected chi connectivity index (χ3v) is 10.8. The molecule has 0 radical (unpaired) electrons. The number of benzene rings is 2. The number of carbonyl (C=O) groups excluding carboxylic acids is 3. The van der Waals surface area contributed by atoms with Crippen molar-refractivity contribution < 1.29 is 19.5 Å². The summed E-state index contributed by atoms with van der Waals surface area (Å²) in [5, 5.41) is 15.9. The molecule has 6 atom stereocenters. The van der Waals surface area contributed by atoms with Crippen molar-refractivity contribution in [2.75, 3.05) is 36.5 Å². The number of thioether (sulfide) groups is 1. The third kappa shape index (κ3) is 4.69. The fourth-order valence-electron chi connectivity index (χ4n) is 6.93. The summed E-state index contributed by atoms with van der Waals surface area (Å²) in [5.41, 5.74) is 2.74. The zero-order chi connectivity index (χ0) is 27.7. The fourth-order valence-corrected chi connectivity index (χ4v) is 9.35. The number of hydrogen-bond acceptors (Lipinski definition) is 6. The predicted molar refractivity (Wildman–Crippen MR) is 154 cm³/mol. The molecule has 3 amide bonds. The molecule has 0 aromatic heterocycles. The second-order valence-electron chi connectivity index (χ2n) is 10.7. The summed E-state index contributed by atoms with van der Waals surface area (Å²) in [6.07, 6.45) is 0.771. The third-order valence-electron chi connectivity index (χ3n) is 8.71. The topological polar surface area (TPSA) is 102 Å². The van der Waals surface area contributed by atoms with E-state index in [-0.39, 0.29) is 42.0 Å². The van der Waals surface area contributed by atoms with Gasteiger partial charge in [0, 0.05) is 42.8 Å². The Bertz CT molecular complexity index is 1210. The van der Waals surface area contributed by atoms with Crippen molar-refractivity contribution >= 4 is 40.9 Å². The minimum Gasteiger partial charge on any atom is -0.395 e. The number of carbonyl (C=O) groups is 3. The van der Waals surface area contributed by atoms with Gasteiger partial charge in [-0.2, -0.15) is 0 Å². The van der Waals surface area contributed by atoms with Gasteiger partial charge in [0.05, 0.1) is 23.2 Å². The maximum atomic E-state index is 13.9. The summed E-state index contributed by atoms with van der Waals surface area (Å²) in [6.45, 7) is 8.29. The summed E-state index contributed by atoms with van der Waals surface area (Å²) in [5.74, 6) is -1.64. The molecular formula is C30H38N4O4S. The minimum atomic E-state index is -0.762. The molecule has 3 aliphatic heterocycles. The summed E-state index contributed by atoms with van der Waals surface area (Å²) >= 11 is 1.64. The van der Waals surface area contributed by atoms with Crippen LogP contribution in [0, 0.1) is 17.8 Å². The van der Waals surface area contributed by atoms with Crippen molar-refractivity contribution in [1.29, 1.82) is 0 Å². The Morgan fingerprint density at radius 2 is 1.77 bits per heavy atom. The number of nitrogens with one attached hydrogen (secondary N) is 2. The van der Waals surface area contributed by atoms with Crippen LogP contribution in [0.3, 0.4) is 0 Å². The standard InChI is InChI=1S/C30H38N4O4S/c1-4-33(5-2)22-13-11-21(12-14-22)32-28(37)26-30-19(3)17-23(39-30)24(25(30)29(38)34(26)15-16-35)27(36)31-18-20-9-7-6-8-10-20/h6-14,19,23-26,35H,4-5,15-18H2,1-3H3,(H,31,36)(H,32,37)/t19?,23-,24+,25+,26?,30?/m1/s1. The highest BCUT2D eigenvalue weighted by Gasteiger charge is 2.75. The molecule has 2 aromatic carbocycles. The van der Waals surface area contributed by atoms with Gasteiger partial charge < -0.3 is 25.5 Å². The first kappa shape index (κ1) is 27.5. The van der Waals surface area contributed by atoms with E-state index in [1.54, 1.807) is 11.8 Å². The number of rotatable bonds is 10. The van der Waals surface area contributed by atoms with Crippen LogP contribution < -0.4 is 15.5 Å².